The minimum absolute atomic E-state index is 0.0721. The Kier molecular flexibility index (Phi) is 4.28. The minimum Gasteiger partial charge on any atom is -0.302 e. The standard InChI is InChI=1S/C17H19Cl2N3/c1-3-15-20-14-8-10-17(2,19)21-16(14)22(15)13-6-4-12(5-7-13)9-11-18/h4-8,10,15H,3,9,11H2,1-2H3. The van der Waals surface area contributed by atoms with Crippen molar-refractivity contribution in [2.75, 3.05) is 10.8 Å². The molecule has 5 heteroatoms. The number of dihydropyridines is 1. The van der Waals surface area contributed by atoms with E-state index in [1.807, 2.05) is 19.1 Å². The maximum absolute atomic E-state index is 6.38. The van der Waals surface area contributed by atoms with E-state index in [2.05, 4.69) is 41.1 Å². The van der Waals surface area contributed by atoms with Gasteiger partial charge in [0.2, 0.25) is 0 Å². The van der Waals surface area contributed by atoms with Crippen LogP contribution < -0.4 is 4.90 Å². The van der Waals surface area contributed by atoms with Gasteiger partial charge in [0.15, 0.2) is 10.8 Å². The summed E-state index contributed by atoms with van der Waals surface area (Å²) in [4.78, 5) is 10.9. The van der Waals surface area contributed by atoms with Crippen molar-refractivity contribution in [3.8, 4) is 0 Å². The molecule has 0 amide bonds. The highest BCUT2D eigenvalue weighted by molar-refractivity contribution is 6.53. The van der Waals surface area contributed by atoms with Crippen LogP contribution in [0.4, 0.5) is 5.69 Å². The molecule has 1 aromatic rings. The second kappa shape index (κ2) is 6.05. The Bertz CT molecular complexity index is 644. The van der Waals surface area contributed by atoms with Crippen LogP contribution in [0.25, 0.3) is 0 Å². The highest BCUT2D eigenvalue weighted by atomic mass is 35.5. The molecule has 0 saturated carbocycles. The van der Waals surface area contributed by atoms with Gasteiger partial charge in [0, 0.05) is 11.6 Å². The van der Waals surface area contributed by atoms with E-state index in [4.69, 9.17) is 28.2 Å². The first-order valence-electron chi connectivity index (χ1n) is 7.54. The lowest BCUT2D eigenvalue weighted by Crippen LogP contribution is -2.38. The molecule has 3 nitrogen and oxygen atoms in total. The molecule has 2 aliphatic heterocycles. The minimum atomic E-state index is -0.701. The molecular weight excluding hydrogens is 317 g/mol. The summed E-state index contributed by atoms with van der Waals surface area (Å²) in [5.74, 6) is 1.49. The molecule has 0 aromatic heterocycles. The highest BCUT2D eigenvalue weighted by Crippen LogP contribution is 2.31. The smallest absolute Gasteiger partial charge is 0.157 e. The van der Waals surface area contributed by atoms with E-state index in [9.17, 15) is 0 Å². The number of hydrogen-bond donors (Lipinski definition) is 0. The van der Waals surface area contributed by atoms with Gasteiger partial charge in [-0.1, -0.05) is 30.7 Å². The molecule has 0 bridgehead atoms. The van der Waals surface area contributed by atoms with Crippen molar-refractivity contribution >= 4 is 40.4 Å². The van der Waals surface area contributed by atoms with E-state index >= 15 is 0 Å². The van der Waals surface area contributed by atoms with Crippen molar-refractivity contribution in [1.82, 2.24) is 0 Å². The lowest BCUT2D eigenvalue weighted by molar-refractivity contribution is 0.687. The van der Waals surface area contributed by atoms with Crippen molar-refractivity contribution in [2.45, 2.75) is 37.9 Å². The van der Waals surface area contributed by atoms with Crippen molar-refractivity contribution in [3.05, 3.63) is 42.0 Å². The predicted molar refractivity (Wildman–Crippen MR) is 95.7 cm³/mol. The summed E-state index contributed by atoms with van der Waals surface area (Å²) in [5, 5.41) is 0. The Balaban J connectivity index is 1.96. The summed E-state index contributed by atoms with van der Waals surface area (Å²) in [6, 6.07) is 8.44. The third-order valence-electron chi connectivity index (χ3n) is 3.88. The zero-order chi connectivity index (χ0) is 15.7. The number of halogens is 2. The SMILES string of the molecule is CCC1N=C2C=CC(C)(Cl)N=C2N1c1ccc(CCCl)cc1. The van der Waals surface area contributed by atoms with E-state index in [1.54, 1.807) is 0 Å². The molecule has 116 valence electrons. The zero-order valence-electron chi connectivity index (χ0n) is 12.8. The number of aryl methyl sites for hydroxylation is 1. The van der Waals surface area contributed by atoms with Gasteiger partial charge in [0.25, 0.3) is 0 Å². The summed E-state index contributed by atoms with van der Waals surface area (Å²) in [6.45, 7) is 4.01. The highest BCUT2D eigenvalue weighted by Gasteiger charge is 2.35. The number of nitrogens with zero attached hydrogens (tertiary/aromatic N) is 3. The second-order valence-electron chi connectivity index (χ2n) is 5.67. The molecule has 0 radical (unpaired) electrons. The van der Waals surface area contributed by atoms with Gasteiger partial charge in [0.1, 0.15) is 11.9 Å². The normalized spacial score (nSPS) is 26.7. The summed E-state index contributed by atoms with van der Waals surface area (Å²) >= 11 is 12.2. The van der Waals surface area contributed by atoms with Crippen LogP contribution in [-0.4, -0.2) is 28.6 Å². The van der Waals surface area contributed by atoms with Gasteiger partial charge in [-0.05, 0) is 49.6 Å². The molecule has 0 N–H and O–H groups in total. The van der Waals surface area contributed by atoms with Gasteiger partial charge in [-0.2, -0.15) is 0 Å². The molecule has 0 fully saturated rings. The van der Waals surface area contributed by atoms with Gasteiger partial charge >= 0.3 is 0 Å². The van der Waals surface area contributed by atoms with E-state index in [-0.39, 0.29) is 6.17 Å². The van der Waals surface area contributed by atoms with Crippen molar-refractivity contribution in [3.63, 3.8) is 0 Å². The van der Waals surface area contributed by atoms with Crippen molar-refractivity contribution in [2.24, 2.45) is 9.98 Å². The Morgan fingerprint density at radius 2 is 2.00 bits per heavy atom. The molecule has 22 heavy (non-hydrogen) atoms. The lowest BCUT2D eigenvalue weighted by atomic mass is 10.1. The maximum atomic E-state index is 6.38. The fraction of sp³-hybridized carbons (Fsp3) is 0.412. The number of benzene rings is 1. The predicted octanol–water partition coefficient (Wildman–Crippen LogP) is 4.39. The van der Waals surface area contributed by atoms with Crippen LogP contribution in [0, 0.1) is 0 Å². The second-order valence-corrected chi connectivity index (χ2v) is 6.81. The molecule has 2 aliphatic rings. The quantitative estimate of drug-likeness (QED) is 0.592. The third kappa shape index (κ3) is 2.92. The van der Waals surface area contributed by atoms with E-state index in [0.29, 0.717) is 5.88 Å². The van der Waals surface area contributed by atoms with Gasteiger partial charge < -0.3 is 4.90 Å². The van der Waals surface area contributed by atoms with E-state index in [1.165, 1.54) is 5.56 Å². The van der Waals surface area contributed by atoms with Crippen LogP contribution in [0.2, 0.25) is 0 Å². The van der Waals surface area contributed by atoms with Crippen molar-refractivity contribution < 1.29 is 0 Å². The van der Waals surface area contributed by atoms with Gasteiger partial charge in [0.05, 0.1) is 0 Å². The molecule has 2 heterocycles. The van der Waals surface area contributed by atoms with Gasteiger partial charge in [-0.25, -0.2) is 4.99 Å². The number of hydrogen-bond acceptors (Lipinski definition) is 3. The Hall–Kier alpha value is -1.32. The van der Waals surface area contributed by atoms with Crippen molar-refractivity contribution in [1.29, 1.82) is 0 Å². The summed E-state index contributed by atoms with van der Waals surface area (Å²) in [5.41, 5.74) is 3.24. The Labute approximate surface area is 141 Å². The lowest BCUT2D eigenvalue weighted by Gasteiger charge is -2.28. The molecule has 0 saturated heterocycles. The van der Waals surface area contributed by atoms with Crippen LogP contribution in [0.1, 0.15) is 25.8 Å². The molecule has 0 spiro atoms. The third-order valence-corrected chi connectivity index (χ3v) is 4.28. The zero-order valence-corrected chi connectivity index (χ0v) is 14.3. The average Bonchev–Trinajstić information content (AvgIpc) is 2.85. The number of fused-ring (bicyclic) bond motifs is 1. The maximum Gasteiger partial charge on any atom is 0.157 e. The van der Waals surface area contributed by atoms with Crippen LogP contribution >= 0.6 is 23.2 Å². The number of amidine groups is 1. The number of alkyl halides is 2. The van der Waals surface area contributed by atoms with Crippen LogP contribution in [0.3, 0.4) is 0 Å². The largest absolute Gasteiger partial charge is 0.302 e. The van der Waals surface area contributed by atoms with Crippen LogP contribution in [0.5, 0.6) is 0 Å². The summed E-state index contributed by atoms with van der Waals surface area (Å²) < 4.78 is 0. The van der Waals surface area contributed by atoms with Gasteiger partial charge in [-0.3, -0.25) is 4.99 Å². The van der Waals surface area contributed by atoms with Crippen LogP contribution in [0.15, 0.2) is 46.4 Å². The first-order chi connectivity index (χ1) is 10.5. The topological polar surface area (TPSA) is 28.0 Å². The average molecular weight is 336 g/mol. The molecule has 3 rings (SSSR count). The Morgan fingerprint density at radius 1 is 1.27 bits per heavy atom. The summed E-state index contributed by atoms with van der Waals surface area (Å²) in [6.07, 6.45) is 5.72. The van der Waals surface area contributed by atoms with E-state index in [0.717, 1.165) is 30.1 Å². The number of anilines is 1. The molecular formula is C17H19Cl2N3. The van der Waals surface area contributed by atoms with E-state index < -0.39 is 5.00 Å². The molecule has 0 aliphatic carbocycles. The molecule has 2 unspecified atom stereocenters. The van der Waals surface area contributed by atoms with Crippen LogP contribution in [-0.2, 0) is 6.42 Å². The molecule has 1 aromatic carbocycles. The first-order valence-corrected chi connectivity index (χ1v) is 8.45. The fourth-order valence-corrected chi connectivity index (χ4v) is 3.11. The number of aliphatic imine (C=N–C) groups is 2. The summed E-state index contributed by atoms with van der Waals surface area (Å²) in [7, 11) is 0. The Morgan fingerprint density at radius 3 is 2.64 bits per heavy atom. The molecule has 2 atom stereocenters. The van der Waals surface area contributed by atoms with Gasteiger partial charge in [-0.15, -0.1) is 11.6 Å². The fourth-order valence-electron chi connectivity index (χ4n) is 2.75. The number of rotatable bonds is 4. The monoisotopic (exact) mass is 335 g/mol. The first kappa shape index (κ1) is 15.6.